The number of hydrogen-bond acceptors (Lipinski definition) is 10. The summed E-state index contributed by atoms with van der Waals surface area (Å²) in [6.45, 7) is 14.8. The number of nitrogens with zero attached hydrogens (tertiary/aromatic N) is 2. The van der Waals surface area contributed by atoms with Crippen molar-refractivity contribution in [2.24, 2.45) is 23.2 Å². The summed E-state index contributed by atoms with van der Waals surface area (Å²) in [6, 6.07) is 7.41. The lowest BCUT2D eigenvalue weighted by atomic mass is 9.76. The molecule has 3 N–H and O–H groups in total. The third-order valence-electron chi connectivity index (χ3n) is 11.3. The Morgan fingerprint density at radius 3 is 2.18 bits per heavy atom. The maximum absolute atomic E-state index is 14.2. The van der Waals surface area contributed by atoms with Gasteiger partial charge in [-0.2, -0.15) is 0 Å². The van der Waals surface area contributed by atoms with Crippen molar-refractivity contribution in [3.05, 3.63) is 47.5 Å². The Bertz CT molecular complexity index is 1790. The third kappa shape index (κ3) is 12.7. The summed E-state index contributed by atoms with van der Waals surface area (Å²) in [5, 5.41) is 5.42. The van der Waals surface area contributed by atoms with Crippen LogP contribution in [-0.4, -0.2) is 109 Å². The Hall–Kier alpha value is -3.56. The van der Waals surface area contributed by atoms with Gasteiger partial charge in [0.05, 0.1) is 23.1 Å². The second-order valence-corrected chi connectivity index (χ2v) is 20.6. The van der Waals surface area contributed by atoms with E-state index in [0.29, 0.717) is 25.7 Å². The molecular formula is C42H65N5O8S2. The number of Topliss-reactive ketones (excluding diaryl/α,β-unsaturated/α-hetero) is 1. The number of imide groups is 1. The Balaban J connectivity index is 1.61. The highest BCUT2D eigenvalue weighted by atomic mass is 32.2. The lowest BCUT2D eigenvalue weighted by Gasteiger charge is -2.40. The van der Waals surface area contributed by atoms with Gasteiger partial charge in [-0.1, -0.05) is 84.9 Å². The molecule has 2 aliphatic rings. The molecule has 0 spiro atoms. The average molecular weight is 834 g/mol. The number of rotatable bonds is 18. The van der Waals surface area contributed by atoms with Gasteiger partial charge in [0.2, 0.25) is 33.7 Å². The van der Waals surface area contributed by atoms with E-state index < -0.39 is 55.9 Å². The minimum Gasteiger partial charge on any atom is -0.342 e. The van der Waals surface area contributed by atoms with Gasteiger partial charge in [-0.05, 0) is 69.4 Å². The molecule has 318 valence electrons. The molecule has 1 saturated heterocycles. The monoisotopic (exact) mass is 833 g/mol. The fourth-order valence-electron chi connectivity index (χ4n) is 7.64. The van der Waals surface area contributed by atoms with Crippen LogP contribution >= 0.6 is 11.8 Å². The van der Waals surface area contributed by atoms with Crippen LogP contribution < -0.4 is 15.4 Å². The van der Waals surface area contributed by atoms with Crippen molar-refractivity contribution in [2.45, 2.75) is 123 Å². The predicted molar refractivity (Wildman–Crippen MR) is 224 cm³/mol. The minimum absolute atomic E-state index is 0.0219. The number of nitrogens with one attached hydrogen (secondary N) is 3. The van der Waals surface area contributed by atoms with E-state index in [0.717, 1.165) is 17.3 Å². The highest BCUT2D eigenvalue weighted by molar-refractivity contribution is 8.01. The zero-order chi connectivity index (χ0) is 43.7. The smallest absolute Gasteiger partial charge is 0.260 e. The van der Waals surface area contributed by atoms with Gasteiger partial charge in [0.1, 0.15) is 11.8 Å². The van der Waals surface area contributed by atoms with Gasteiger partial charge in [0, 0.05) is 44.0 Å². The quantitative estimate of drug-likeness (QED) is 0.143. The first-order valence-corrected chi connectivity index (χ1v) is 22.5. The molecule has 1 unspecified atom stereocenters. The zero-order valence-electron chi connectivity index (χ0n) is 36.3. The van der Waals surface area contributed by atoms with E-state index in [1.54, 1.807) is 20.2 Å². The molecule has 1 heterocycles. The van der Waals surface area contributed by atoms with E-state index >= 15 is 0 Å². The molecule has 1 aliphatic heterocycles. The summed E-state index contributed by atoms with van der Waals surface area (Å²) < 4.78 is 35.4. The van der Waals surface area contributed by atoms with Crippen molar-refractivity contribution < 1.29 is 38.6 Å². The molecule has 0 bridgehead atoms. The van der Waals surface area contributed by atoms with Crippen molar-refractivity contribution in [1.29, 1.82) is 0 Å². The third-order valence-corrected chi connectivity index (χ3v) is 14.0. The van der Waals surface area contributed by atoms with Crippen LogP contribution in [0.15, 0.2) is 42.0 Å². The van der Waals surface area contributed by atoms with Crippen LogP contribution in [-0.2, 0) is 44.2 Å². The Labute approximate surface area is 345 Å². The lowest BCUT2D eigenvalue weighted by Crippen LogP contribution is -2.61. The molecule has 3 rings (SSSR count). The van der Waals surface area contributed by atoms with Crippen LogP contribution in [0.1, 0.15) is 101 Å². The highest BCUT2D eigenvalue weighted by Gasteiger charge is 2.43. The van der Waals surface area contributed by atoms with Crippen LogP contribution in [0.2, 0.25) is 0 Å². The Morgan fingerprint density at radius 2 is 1.63 bits per heavy atom. The number of sulfonamides is 1. The van der Waals surface area contributed by atoms with Gasteiger partial charge in [-0.25, -0.2) is 13.1 Å². The summed E-state index contributed by atoms with van der Waals surface area (Å²) in [6.07, 6.45) is 4.20. The number of likely N-dealkylation sites (tertiary alicyclic amines) is 1. The van der Waals surface area contributed by atoms with E-state index in [1.807, 2.05) is 78.8 Å². The zero-order valence-corrected chi connectivity index (χ0v) is 37.0. The molecule has 15 heteroatoms. The summed E-state index contributed by atoms with van der Waals surface area (Å²) in [5.41, 5.74) is -0.281. The van der Waals surface area contributed by atoms with Crippen molar-refractivity contribution in [1.82, 2.24) is 25.2 Å². The molecule has 13 nitrogen and oxygen atoms in total. The van der Waals surface area contributed by atoms with Gasteiger partial charge < -0.3 is 15.5 Å². The van der Waals surface area contributed by atoms with Crippen molar-refractivity contribution in [3.8, 4) is 0 Å². The first kappa shape index (κ1) is 46.1. The fourth-order valence-corrected chi connectivity index (χ4v) is 10.3. The Kier molecular flexibility index (Phi) is 16.1. The molecule has 1 aromatic carbocycles. The molecule has 0 radical (unpaired) electrons. The fraction of sp³-hybridized carbons (Fsp3) is 0.667. The van der Waals surface area contributed by atoms with Gasteiger partial charge in [-0.15, -0.1) is 11.8 Å². The molecule has 2 fully saturated rings. The van der Waals surface area contributed by atoms with Crippen LogP contribution in [0.5, 0.6) is 0 Å². The minimum atomic E-state index is -4.13. The first-order chi connectivity index (χ1) is 26.9. The molecule has 1 saturated carbocycles. The number of carbonyl (C=O) groups is 6. The largest absolute Gasteiger partial charge is 0.342 e. The van der Waals surface area contributed by atoms with Crippen molar-refractivity contribution in [2.75, 3.05) is 32.1 Å². The number of amides is 5. The molecule has 4 atom stereocenters. The summed E-state index contributed by atoms with van der Waals surface area (Å²) >= 11 is 1.06. The van der Waals surface area contributed by atoms with Crippen LogP contribution in [0.4, 0.5) is 0 Å². The van der Waals surface area contributed by atoms with E-state index in [-0.39, 0.29) is 78.4 Å². The van der Waals surface area contributed by atoms with Gasteiger partial charge in [-0.3, -0.25) is 33.7 Å². The maximum Gasteiger partial charge on any atom is 0.260 e. The molecule has 57 heavy (non-hydrogen) atoms. The molecule has 1 aromatic rings. The molecule has 0 aromatic heterocycles. The molecule has 1 aliphatic carbocycles. The Morgan fingerprint density at radius 1 is 1.02 bits per heavy atom. The summed E-state index contributed by atoms with van der Waals surface area (Å²) in [7, 11) is -0.824. The van der Waals surface area contributed by atoms with Gasteiger partial charge in [0.25, 0.3) is 5.91 Å². The number of hydrogen-bond donors (Lipinski definition) is 3. The van der Waals surface area contributed by atoms with Gasteiger partial charge >= 0.3 is 0 Å². The summed E-state index contributed by atoms with van der Waals surface area (Å²) in [5.74, 6) is -3.03. The standard InChI is InChI=1S/C42H65N5O8S2/c1-26(2)32(46(11)40(53)36(41(5,6)7)44-38(51)35(43-10)42(8,9)31-15-13-12-14-16-31)23-27(3)37(50)45-57(54,55)22-21-56-33-24-34(49)47(39(33)52)25-29-17-19-30(20-18-29)28(4)48/h12-16,23,26,29-30,32-33,35-36,43H,17-22,24-25H2,1-11H3,(H,44,51)(H,45,50)/b27-23+/t29?,30?,32-,33?,35-,36-/m1/s1/i4T. The van der Waals surface area contributed by atoms with E-state index in [2.05, 4.69) is 15.4 Å². The second-order valence-electron chi connectivity index (χ2n) is 17.5. The molecular weight excluding hydrogens is 767 g/mol. The number of benzene rings is 1. The number of thioether (sulfide) groups is 1. The molecule has 5 amide bonds. The van der Waals surface area contributed by atoms with E-state index in [9.17, 15) is 37.2 Å². The van der Waals surface area contributed by atoms with Crippen molar-refractivity contribution >= 4 is 57.1 Å². The van der Waals surface area contributed by atoms with E-state index in [4.69, 9.17) is 1.37 Å². The van der Waals surface area contributed by atoms with Crippen LogP contribution in [0.25, 0.3) is 0 Å². The normalized spacial score (nSPS) is 21.5. The first-order valence-electron chi connectivity index (χ1n) is 20.5. The number of carbonyl (C=O) groups excluding carboxylic acids is 6. The van der Waals surface area contributed by atoms with Crippen LogP contribution in [0, 0.1) is 23.2 Å². The summed E-state index contributed by atoms with van der Waals surface area (Å²) in [4.78, 5) is 81.8. The topological polar surface area (TPSA) is 179 Å². The number of likely N-dealkylation sites (N-methyl/N-ethyl adjacent to an activating group) is 2. The van der Waals surface area contributed by atoms with Crippen molar-refractivity contribution in [3.63, 3.8) is 0 Å². The van der Waals surface area contributed by atoms with Gasteiger partial charge in [0.15, 0.2) is 0 Å². The highest BCUT2D eigenvalue weighted by Crippen LogP contribution is 2.33. The maximum atomic E-state index is 14.2. The second kappa shape index (κ2) is 19.9. The van der Waals surface area contributed by atoms with E-state index in [1.165, 1.54) is 16.7 Å². The average Bonchev–Trinajstić information content (AvgIpc) is 3.42. The van der Waals surface area contributed by atoms with Crippen LogP contribution in [0.3, 0.4) is 0 Å². The lowest BCUT2D eigenvalue weighted by molar-refractivity contribution is -0.141. The predicted octanol–water partition coefficient (Wildman–Crippen LogP) is 4.21. The number of ketones is 1. The SMILES string of the molecule is [3H]CC(=O)C1CCC(CN2C(=O)CC(SCCS(=O)(=O)NC(=O)/C(C)=C/[C@H](C(C)C)N(C)C(=O)[C@@H](NC(=O)[C@@H](NC)C(C)(C)c3ccccc3)C(C)(C)C)C2=O)CC1.